The summed E-state index contributed by atoms with van der Waals surface area (Å²) in [5, 5.41) is 0. The highest BCUT2D eigenvalue weighted by atomic mass is 16.5. The van der Waals surface area contributed by atoms with Gasteiger partial charge in [0.25, 0.3) is 0 Å². The van der Waals surface area contributed by atoms with Gasteiger partial charge in [0.1, 0.15) is 0 Å². The Balaban J connectivity index is 3.20. The van der Waals surface area contributed by atoms with Crippen LogP contribution in [0.2, 0.25) is 0 Å². The van der Waals surface area contributed by atoms with E-state index < -0.39 is 0 Å². The van der Waals surface area contributed by atoms with Crippen LogP contribution in [0.15, 0.2) is 12.2 Å². The van der Waals surface area contributed by atoms with Crippen LogP contribution >= 0.6 is 0 Å². The Morgan fingerprint density at radius 1 is 0.538 bits per heavy atom. The van der Waals surface area contributed by atoms with E-state index in [-0.39, 0.29) is 5.97 Å². The number of carbonyl (C=O) groups excluding carboxylic acids is 1. The van der Waals surface area contributed by atoms with Gasteiger partial charge < -0.3 is 4.74 Å². The first-order valence-electron chi connectivity index (χ1n) is 18.0. The molecule has 0 fully saturated rings. The van der Waals surface area contributed by atoms with Crippen LogP contribution in [0.25, 0.3) is 0 Å². The smallest absolute Gasteiger partial charge is 0.305 e. The summed E-state index contributed by atoms with van der Waals surface area (Å²) in [4.78, 5) is 11.9. The molecule has 0 saturated carbocycles. The van der Waals surface area contributed by atoms with Crippen molar-refractivity contribution in [1.29, 1.82) is 0 Å². The van der Waals surface area contributed by atoms with Crippen LogP contribution in [0.3, 0.4) is 0 Å². The molecule has 0 aromatic heterocycles. The molecule has 0 aliphatic carbocycles. The Morgan fingerprint density at radius 3 is 1.44 bits per heavy atom. The predicted molar refractivity (Wildman–Crippen MR) is 175 cm³/mol. The molecule has 1 unspecified atom stereocenters. The molecule has 0 aromatic rings. The molecular weight excluding hydrogens is 476 g/mol. The number of esters is 1. The van der Waals surface area contributed by atoms with E-state index >= 15 is 0 Å². The highest BCUT2D eigenvalue weighted by Crippen LogP contribution is 2.16. The minimum absolute atomic E-state index is 0.0217. The van der Waals surface area contributed by atoms with Gasteiger partial charge in [-0.05, 0) is 44.4 Å². The van der Waals surface area contributed by atoms with Gasteiger partial charge in [-0.2, -0.15) is 0 Å². The molecule has 0 radical (unpaired) electrons. The predicted octanol–water partition coefficient (Wildman–Crippen LogP) is 13.1. The van der Waals surface area contributed by atoms with Crippen LogP contribution in [0.5, 0.6) is 0 Å². The second kappa shape index (κ2) is 33.4. The first kappa shape index (κ1) is 38.2. The van der Waals surface area contributed by atoms with Crippen LogP contribution in [-0.4, -0.2) is 12.6 Å². The number of ether oxygens (including phenoxy) is 1. The van der Waals surface area contributed by atoms with Gasteiger partial charge in [-0.3, -0.25) is 4.79 Å². The van der Waals surface area contributed by atoms with Crippen molar-refractivity contribution >= 4 is 5.97 Å². The van der Waals surface area contributed by atoms with Crippen LogP contribution in [0.1, 0.15) is 207 Å². The van der Waals surface area contributed by atoms with E-state index in [1.165, 1.54) is 167 Å². The number of hydrogen-bond donors (Lipinski definition) is 0. The van der Waals surface area contributed by atoms with Gasteiger partial charge in [0.15, 0.2) is 0 Å². The average molecular weight is 549 g/mol. The standard InChI is InChI=1S/C37H72O2/c1-4-6-7-8-9-10-11-12-13-14-15-16-17-18-19-22-25-28-31-34-37(38)39-35-32-29-26-23-20-21-24-27-30-33-36(3)5-2/h12-13,36H,4-11,14-35H2,1-3H3. The van der Waals surface area contributed by atoms with E-state index in [9.17, 15) is 4.79 Å². The summed E-state index contributed by atoms with van der Waals surface area (Å²) < 4.78 is 5.44. The Hall–Kier alpha value is -0.790. The molecule has 0 heterocycles. The number of allylic oxidation sites excluding steroid dienone is 2. The Morgan fingerprint density at radius 2 is 0.949 bits per heavy atom. The minimum Gasteiger partial charge on any atom is -0.466 e. The summed E-state index contributed by atoms with van der Waals surface area (Å²) in [5.41, 5.74) is 0. The lowest BCUT2D eigenvalue weighted by atomic mass is 9.99. The molecule has 0 spiro atoms. The number of unbranched alkanes of at least 4 members (excludes halogenated alkanes) is 23. The first-order chi connectivity index (χ1) is 19.2. The fraction of sp³-hybridized carbons (Fsp3) is 0.919. The fourth-order valence-electron chi connectivity index (χ4n) is 5.34. The molecule has 0 aliphatic rings. The van der Waals surface area contributed by atoms with Crippen LogP contribution < -0.4 is 0 Å². The third kappa shape index (κ3) is 33.3. The molecule has 0 aliphatic heterocycles. The molecule has 2 heteroatoms. The van der Waals surface area contributed by atoms with Gasteiger partial charge in [0.2, 0.25) is 0 Å². The summed E-state index contributed by atoms with van der Waals surface area (Å²) >= 11 is 0. The Labute approximate surface area is 246 Å². The molecule has 232 valence electrons. The molecule has 0 aromatic carbocycles. The van der Waals surface area contributed by atoms with Crippen molar-refractivity contribution in [2.24, 2.45) is 5.92 Å². The highest BCUT2D eigenvalue weighted by Gasteiger charge is 2.03. The zero-order chi connectivity index (χ0) is 28.5. The molecule has 0 bridgehead atoms. The summed E-state index contributed by atoms with van der Waals surface area (Å²) in [6.45, 7) is 7.59. The number of rotatable bonds is 32. The zero-order valence-electron chi connectivity index (χ0n) is 27.3. The van der Waals surface area contributed by atoms with Gasteiger partial charge >= 0.3 is 5.97 Å². The third-order valence-electron chi connectivity index (χ3n) is 8.44. The van der Waals surface area contributed by atoms with Gasteiger partial charge in [-0.1, -0.05) is 174 Å². The van der Waals surface area contributed by atoms with Crippen LogP contribution in [0.4, 0.5) is 0 Å². The van der Waals surface area contributed by atoms with Crippen molar-refractivity contribution < 1.29 is 9.53 Å². The molecular formula is C37H72O2. The quantitative estimate of drug-likeness (QED) is 0.0474. The second-order valence-corrected chi connectivity index (χ2v) is 12.5. The maximum atomic E-state index is 11.9. The highest BCUT2D eigenvalue weighted by molar-refractivity contribution is 5.69. The minimum atomic E-state index is 0.0217. The molecule has 0 amide bonds. The number of carbonyl (C=O) groups is 1. The molecule has 0 rings (SSSR count). The fourth-order valence-corrected chi connectivity index (χ4v) is 5.34. The SMILES string of the molecule is CCCCCCCCC=CCCCCCCCCCCCC(=O)OCCCCCCCCCCCC(C)CC. The zero-order valence-corrected chi connectivity index (χ0v) is 27.3. The average Bonchev–Trinajstić information content (AvgIpc) is 2.94. The van der Waals surface area contributed by atoms with E-state index in [4.69, 9.17) is 4.74 Å². The van der Waals surface area contributed by atoms with Crippen molar-refractivity contribution in [3.8, 4) is 0 Å². The second-order valence-electron chi connectivity index (χ2n) is 12.5. The summed E-state index contributed by atoms with van der Waals surface area (Å²) in [6.07, 6.45) is 42.6. The van der Waals surface area contributed by atoms with Crippen molar-refractivity contribution in [2.75, 3.05) is 6.61 Å². The third-order valence-corrected chi connectivity index (χ3v) is 8.44. The van der Waals surface area contributed by atoms with Crippen molar-refractivity contribution in [2.45, 2.75) is 207 Å². The van der Waals surface area contributed by atoms with E-state index in [0.29, 0.717) is 13.0 Å². The lowest BCUT2D eigenvalue weighted by Gasteiger charge is -2.07. The Kier molecular flexibility index (Phi) is 32.7. The monoisotopic (exact) mass is 549 g/mol. The maximum absolute atomic E-state index is 11.9. The molecule has 39 heavy (non-hydrogen) atoms. The summed E-state index contributed by atoms with van der Waals surface area (Å²) in [7, 11) is 0. The van der Waals surface area contributed by atoms with Gasteiger partial charge in [0.05, 0.1) is 6.61 Å². The molecule has 0 saturated heterocycles. The Bertz CT molecular complexity index is 498. The van der Waals surface area contributed by atoms with Gasteiger partial charge in [-0.25, -0.2) is 0 Å². The summed E-state index contributed by atoms with van der Waals surface area (Å²) in [6, 6.07) is 0. The van der Waals surface area contributed by atoms with E-state index in [0.717, 1.165) is 18.8 Å². The normalized spacial score (nSPS) is 12.4. The van der Waals surface area contributed by atoms with Crippen molar-refractivity contribution in [3.05, 3.63) is 12.2 Å². The van der Waals surface area contributed by atoms with Crippen molar-refractivity contribution in [1.82, 2.24) is 0 Å². The topological polar surface area (TPSA) is 26.3 Å². The molecule has 2 nitrogen and oxygen atoms in total. The van der Waals surface area contributed by atoms with Crippen LogP contribution in [0, 0.1) is 5.92 Å². The first-order valence-corrected chi connectivity index (χ1v) is 18.0. The van der Waals surface area contributed by atoms with Gasteiger partial charge in [-0.15, -0.1) is 0 Å². The lowest BCUT2D eigenvalue weighted by Crippen LogP contribution is -2.05. The molecule has 1 atom stereocenters. The van der Waals surface area contributed by atoms with Gasteiger partial charge in [0, 0.05) is 6.42 Å². The molecule has 0 N–H and O–H groups in total. The maximum Gasteiger partial charge on any atom is 0.305 e. The van der Waals surface area contributed by atoms with E-state index in [2.05, 4.69) is 32.9 Å². The lowest BCUT2D eigenvalue weighted by molar-refractivity contribution is -0.143. The van der Waals surface area contributed by atoms with E-state index in [1.807, 2.05) is 0 Å². The van der Waals surface area contributed by atoms with E-state index in [1.54, 1.807) is 0 Å². The summed E-state index contributed by atoms with van der Waals surface area (Å²) in [5.74, 6) is 0.930. The largest absolute Gasteiger partial charge is 0.466 e. The van der Waals surface area contributed by atoms with Crippen LogP contribution in [-0.2, 0) is 9.53 Å². The number of hydrogen-bond acceptors (Lipinski definition) is 2. The van der Waals surface area contributed by atoms with Crippen molar-refractivity contribution in [3.63, 3.8) is 0 Å².